The summed E-state index contributed by atoms with van der Waals surface area (Å²) in [5.74, 6) is 0.199. The molecular weight excluding hydrogens is 375 g/mol. The minimum Gasteiger partial charge on any atom is -0.488 e. The van der Waals surface area contributed by atoms with Gasteiger partial charge in [0.1, 0.15) is 0 Å². The topological polar surface area (TPSA) is 94.8 Å². The Bertz CT molecular complexity index is 749. The van der Waals surface area contributed by atoms with E-state index < -0.39 is 23.0 Å². The lowest BCUT2D eigenvalue weighted by Crippen LogP contribution is -2.43. The van der Waals surface area contributed by atoms with Crippen LogP contribution in [0, 0.1) is 11.3 Å². The quantitative estimate of drug-likeness (QED) is 0.791. The van der Waals surface area contributed by atoms with Gasteiger partial charge < -0.3 is 9.47 Å². The fraction of sp³-hybridized carbons (Fsp3) is 0.667. The molecule has 1 saturated carbocycles. The van der Waals surface area contributed by atoms with E-state index in [4.69, 9.17) is 14.6 Å². The maximum Gasteiger partial charge on any atom is 0.422 e. The summed E-state index contributed by atoms with van der Waals surface area (Å²) in [6, 6.07) is 3.07. The SMILES string of the molecule is NS(=O)(=O)N1CCC2(CC1)C[C@H]2COc1cccnc1OCC(F)(F)F. The summed E-state index contributed by atoms with van der Waals surface area (Å²) >= 11 is 0. The Hall–Kier alpha value is -1.59. The van der Waals surface area contributed by atoms with Crippen LogP contribution < -0.4 is 14.6 Å². The van der Waals surface area contributed by atoms with Crippen molar-refractivity contribution in [2.75, 3.05) is 26.3 Å². The number of nitrogens with two attached hydrogens (primary N) is 1. The van der Waals surface area contributed by atoms with E-state index in [1.54, 1.807) is 6.07 Å². The predicted octanol–water partition coefficient (Wildman–Crippen LogP) is 1.71. The maximum atomic E-state index is 12.3. The second-order valence-electron chi connectivity index (χ2n) is 6.73. The summed E-state index contributed by atoms with van der Waals surface area (Å²) in [5, 5.41) is 5.14. The highest BCUT2D eigenvalue weighted by Gasteiger charge is 2.55. The molecule has 1 aromatic rings. The Labute approximate surface area is 149 Å². The van der Waals surface area contributed by atoms with Gasteiger partial charge in [-0.05, 0) is 42.7 Å². The van der Waals surface area contributed by atoms with Crippen molar-refractivity contribution >= 4 is 10.2 Å². The number of hydrogen-bond donors (Lipinski definition) is 1. The summed E-state index contributed by atoms with van der Waals surface area (Å²) in [7, 11) is -3.66. The fourth-order valence-corrected chi connectivity index (χ4v) is 4.09. The van der Waals surface area contributed by atoms with E-state index in [-0.39, 0.29) is 23.0 Å². The summed E-state index contributed by atoms with van der Waals surface area (Å²) in [4.78, 5) is 3.79. The average Bonchev–Trinajstić information content (AvgIpc) is 3.22. The van der Waals surface area contributed by atoms with Crippen molar-refractivity contribution in [3.8, 4) is 11.6 Å². The summed E-state index contributed by atoms with van der Waals surface area (Å²) in [6.07, 6.45) is -0.832. The molecule has 1 atom stereocenters. The molecule has 2 aliphatic rings. The Morgan fingerprint density at radius 1 is 1.31 bits per heavy atom. The minimum atomic E-state index is -4.45. The average molecular weight is 395 g/mol. The van der Waals surface area contributed by atoms with Crippen LogP contribution in [0.1, 0.15) is 19.3 Å². The Morgan fingerprint density at radius 2 is 2.00 bits per heavy atom. The molecular formula is C15H20F3N3O4S. The fourth-order valence-electron chi connectivity index (χ4n) is 3.40. The van der Waals surface area contributed by atoms with Gasteiger partial charge in [0.2, 0.25) is 0 Å². The molecule has 1 spiro atoms. The van der Waals surface area contributed by atoms with E-state index in [2.05, 4.69) is 4.98 Å². The molecule has 1 saturated heterocycles. The van der Waals surface area contributed by atoms with Crippen molar-refractivity contribution in [3.05, 3.63) is 18.3 Å². The van der Waals surface area contributed by atoms with Gasteiger partial charge in [0.15, 0.2) is 12.4 Å². The molecule has 0 bridgehead atoms. The second kappa shape index (κ2) is 6.86. The Morgan fingerprint density at radius 3 is 2.62 bits per heavy atom. The molecule has 3 rings (SSSR count). The largest absolute Gasteiger partial charge is 0.488 e. The van der Waals surface area contributed by atoms with Crippen LogP contribution in [0.4, 0.5) is 13.2 Å². The first kappa shape index (κ1) is 19.2. The van der Waals surface area contributed by atoms with E-state index in [9.17, 15) is 21.6 Å². The third kappa shape index (κ3) is 4.57. The molecule has 2 fully saturated rings. The summed E-state index contributed by atoms with van der Waals surface area (Å²) < 4.78 is 71.2. The molecule has 0 radical (unpaired) electrons. The standard InChI is InChI=1S/C15H20F3N3O4S/c16-15(17,18)10-25-13-12(2-1-5-20-13)24-9-11-8-14(11)3-6-21(7-4-14)26(19,22)23/h1-2,5,11H,3-4,6-10H2,(H2,19,22,23)/t11-/m0/s1. The molecule has 0 aromatic carbocycles. The zero-order valence-electron chi connectivity index (χ0n) is 13.9. The van der Waals surface area contributed by atoms with E-state index >= 15 is 0 Å². The van der Waals surface area contributed by atoms with Crippen molar-refractivity contribution in [2.45, 2.75) is 25.4 Å². The summed E-state index contributed by atoms with van der Waals surface area (Å²) in [6.45, 7) is -0.356. The molecule has 7 nitrogen and oxygen atoms in total. The number of piperidine rings is 1. The molecule has 1 aliphatic carbocycles. The number of hydrogen-bond acceptors (Lipinski definition) is 5. The maximum absolute atomic E-state index is 12.3. The van der Waals surface area contributed by atoms with Gasteiger partial charge in [-0.2, -0.15) is 25.9 Å². The molecule has 1 aromatic heterocycles. The minimum absolute atomic E-state index is 0.0242. The molecule has 11 heteroatoms. The van der Waals surface area contributed by atoms with Gasteiger partial charge in [-0.15, -0.1) is 0 Å². The highest BCUT2D eigenvalue weighted by atomic mass is 32.2. The van der Waals surface area contributed by atoms with Gasteiger partial charge in [-0.3, -0.25) is 0 Å². The summed E-state index contributed by atoms with van der Waals surface area (Å²) in [5.41, 5.74) is 0.0242. The molecule has 2 N–H and O–H groups in total. The smallest absolute Gasteiger partial charge is 0.422 e. The van der Waals surface area contributed by atoms with Crippen LogP contribution in [-0.2, 0) is 10.2 Å². The number of rotatable bonds is 6. The number of nitrogens with zero attached hydrogens (tertiary/aromatic N) is 2. The third-order valence-corrected chi connectivity index (χ3v) is 6.07. The van der Waals surface area contributed by atoms with Crippen LogP contribution in [-0.4, -0.2) is 50.2 Å². The lowest BCUT2D eigenvalue weighted by atomic mass is 9.92. The van der Waals surface area contributed by atoms with Crippen molar-refractivity contribution in [1.82, 2.24) is 9.29 Å². The number of halogens is 3. The predicted molar refractivity (Wildman–Crippen MR) is 85.7 cm³/mol. The highest BCUT2D eigenvalue weighted by molar-refractivity contribution is 7.86. The highest BCUT2D eigenvalue weighted by Crippen LogP contribution is 2.59. The number of pyridine rings is 1. The van der Waals surface area contributed by atoms with Crippen molar-refractivity contribution < 1.29 is 31.1 Å². The van der Waals surface area contributed by atoms with Gasteiger partial charge in [0, 0.05) is 19.3 Å². The van der Waals surface area contributed by atoms with E-state index in [0.29, 0.717) is 32.5 Å². The van der Waals surface area contributed by atoms with Gasteiger partial charge >= 0.3 is 6.18 Å². The van der Waals surface area contributed by atoms with Gasteiger partial charge in [-0.1, -0.05) is 0 Å². The zero-order valence-corrected chi connectivity index (χ0v) is 14.7. The van der Waals surface area contributed by atoms with Crippen LogP contribution in [0.3, 0.4) is 0 Å². The Balaban J connectivity index is 1.52. The first-order chi connectivity index (χ1) is 12.1. The van der Waals surface area contributed by atoms with Crippen molar-refractivity contribution in [1.29, 1.82) is 0 Å². The molecule has 26 heavy (non-hydrogen) atoms. The van der Waals surface area contributed by atoms with Crippen molar-refractivity contribution in [2.24, 2.45) is 16.5 Å². The van der Waals surface area contributed by atoms with Crippen LogP contribution in [0.15, 0.2) is 18.3 Å². The van der Waals surface area contributed by atoms with E-state index in [0.717, 1.165) is 6.42 Å². The van der Waals surface area contributed by atoms with Crippen LogP contribution in [0.5, 0.6) is 11.6 Å². The lowest BCUT2D eigenvalue weighted by Gasteiger charge is -2.30. The normalized spacial score (nSPS) is 23.0. The van der Waals surface area contributed by atoms with Gasteiger partial charge in [-0.25, -0.2) is 10.1 Å². The molecule has 1 aliphatic heterocycles. The number of ether oxygens (including phenoxy) is 2. The van der Waals surface area contributed by atoms with E-state index in [1.807, 2.05) is 0 Å². The van der Waals surface area contributed by atoms with Crippen LogP contribution in [0.25, 0.3) is 0 Å². The van der Waals surface area contributed by atoms with E-state index in [1.165, 1.54) is 16.6 Å². The molecule has 0 amide bonds. The zero-order chi connectivity index (χ0) is 19.0. The number of alkyl halides is 3. The Kier molecular flexibility index (Phi) is 5.06. The second-order valence-corrected chi connectivity index (χ2v) is 8.28. The van der Waals surface area contributed by atoms with Crippen LogP contribution >= 0.6 is 0 Å². The number of aromatic nitrogens is 1. The monoisotopic (exact) mass is 395 g/mol. The molecule has 0 unspecified atom stereocenters. The molecule has 146 valence electrons. The van der Waals surface area contributed by atoms with Crippen LogP contribution in [0.2, 0.25) is 0 Å². The first-order valence-corrected chi connectivity index (χ1v) is 9.65. The molecule has 2 heterocycles. The van der Waals surface area contributed by atoms with Gasteiger partial charge in [0.25, 0.3) is 16.1 Å². The first-order valence-electron chi connectivity index (χ1n) is 8.14. The van der Waals surface area contributed by atoms with Crippen molar-refractivity contribution in [3.63, 3.8) is 0 Å². The lowest BCUT2D eigenvalue weighted by molar-refractivity contribution is -0.154. The van der Waals surface area contributed by atoms with Gasteiger partial charge in [0.05, 0.1) is 6.61 Å². The third-order valence-electron chi connectivity index (χ3n) is 4.99.